The Balaban J connectivity index is 1.46. The van der Waals surface area contributed by atoms with Gasteiger partial charge in [-0.1, -0.05) is 43.2 Å². The number of aromatic carboxylic acids is 1. The maximum Gasteiger partial charge on any atom is 0.355 e. The molecule has 0 aromatic carbocycles. The highest BCUT2D eigenvalue weighted by molar-refractivity contribution is 8.01. The lowest BCUT2D eigenvalue weighted by molar-refractivity contribution is -0.121. The van der Waals surface area contributed by atoms with E-state index in [1.54, 1.807) is 5.38 Å². The standard InChI is InChI=1S/C21H29NO4S2/c1-21(26,12-14-4-2-5-14)10-3-6-15-7-8-18(23)16(15)9-11-27-20-22-17(13-28-20)19(24)25/h3,6,13-16,26H,2,4-5,7-12H2,1H3,(H,24,25)/b6-3+/t15-,16-,21?/m1/s1. The molecule has 0 aliphatic heterocycles. The third-order valence-electron chi connectivity index (χ3n) is 5.91. The van der Waals surface area contributed by atoms with Gasteiger partial charge < -0.3 is 10.2 Å². The summed E-state index contributed by atoms with van der Waals surface area (Å²) in [6.07, 6.45) is 11.8. The second-order valence-electron chi connectivity index (χ2n) is 8.35. The first kappa shape index (κ1) is 21.5. The maximum atomic E-state index is 12.3. The Hall–Kier alpha value is -1.18. The molecule has 0 spiro atoms. The van der Waals surface area contributed by atoms with E-state index in [1.165, 1.54) is 42.4 Å². The van der Waals surface area contributed by atoms with Crippen LogP contribution in [0.3, 0.4) is 0 Å². The minimum atomic E-state index is -1.01. The van der Waals surface area contributed by atoms with Gasteiger partial charge in [-0.2, -0.15) is 0 Å². The highest BCUT2D eigenvalue weighted by Gasteiger charge is 2.33. The number of carboxylic acids is 1. The molecule has 0 amide bonds. The summed E-state index contributed by atoms with van der Waals surface area (Å²) >= 11 is 2.86. The minimum Gasteiger partial charge on any atom is -0.476 e. The van der Waals surface area contributed by atoms with Crippen molar-refractivity contribution in [1.82, 2.24) is 4.98 Å². The Bertz CT molecular complexity index is 724. The van der Waals surface area contributed by atoms with Crippen LogP contribution in [-0.4, -0.2) is 38.3 Å². The van der Waals surface area contributed by atoms with Crippen molar-refractivity contribution < 1.29 is 19.8 Å². The smallest absolute Gasteiger partial charge is 0.355 e. The Morgan fingerprint density at radius 3 is 2.86 bits per heavy atom. The molecule has 2 aliphatic carbocycles. The largest absolute Gasteiger partial charge is 0.476 e. The maximum absolute atomic E-state index is 12.3. The molecule has 0 radical (unpaired) electrons. The van der Waals surface area contributed by atoms with Crippen LogP contribution >= 0.6 is 23.1 Å². The molecule has 154 valence electrons. The Kier molecular flexibility index (Phi) is 7.34. The molecule has 5 nitrogen and oxygen atoms in total. The van der Waals surface area contributed by atoms with Crippen LogP contribution in [0.25, 0.3) is 0 Å². The van der Waals surface area contributed by atoms with Crippen LogP contribution in [0.1, 0.15) is 68.8 Å². The zero-order valence-corrected chi connectivity index (χ0v) is 17.9. The number of hydrogen-bond donors (Lipinski definition) is 2. The molecule has 2 aliphatic rings. The van der Waals surface area contributed by atoms with Crippen molar-refractivity contribution >= 4 is 34.9 Å². The number of aliphatic hydroxyl groups is 1. The van der Waals surface area contributed by atoms with Crippen molar-refractivity contribution in [3.8, 4) is 0 Å². The van der Waals surface area contributed by atoms with Gasteiger partial charge in [0.05, 0.1) is 5.60 Å². The lowest BCUT2D eigenvalue weighted by atomic mass is 9.77. The molecule has 3 atom stereocenters. The van der Waals surface area contributed by atoms with E-state index < -0.39 is 11.6 Å². The van der Waals surface area contributed by atoms with Crippen molar-refractivity contribution in [2.45, 2.75) is 68.2 Å². The quantitative estimate of drug-likeness (QED) is 0.415. The summed E-state index contributed by atoms with van der Waals surface area (Å²) in [4.78, 5) is 27.3. The Labute approximate surface area is 174 Å². The molecule has 1 aromatic rings. The van der Waals surface area contributed by atoms with Crippen molar-refractivity contribution in [2.75, 3.05) is 5.75 Å². The summed E-state index contributed by atoms with van der Waals surface area (Å²) in [5.41, 5.74) is -0.568. The Morgan fingerprint density at radius 2 is 2.21 bits per heavy atom. The zero-order chi connectivity index (χ0) is 20.1. The molecule has 0 saturated heterocycles. The molecule has 2 N–H and O–H groups in total. The number of Topliss-reactive ketones (excluding diaryl/α,β-unsaturated/α-hetero) is 1. The van der Waals surface area contributed by atoms with Crippen molar-refractivity contribution in [2.24, 2.45) is 17.8 Å². The number of thioether (sulfide) groups is 1. The summed E-state index contributed by atoms with van der Waals surface area (Å²) in [5, 5.41) is 21.1. The van der Waals surface area contributed by atoms with E-state index in [0.29, 0.717) is 24.5 Å². The average molecular weight is 424 g/mol. The zero-order valence-electron chi connectivity index (χ0n) is 16.3. The van der Waals surface area contributed by atoms with E-state index in [-0.39, 0.29) is 17.5 Å². The lowest BCUT2D eigenvalue weighted by Gasteiger charge is -2.33. The van der Waals surface area contributed by atoms with Gasteiger partial charge in [0, 0.05) is 23.5 Å². The van der Waals surface area contributed by atoms with Crippen LogP contribution < -0.4 is 0 Å². The van der Waals surface area contributed by atoms with Gasteiger partial charge in [0.15, 0.2) is 10.0 Å². The Morgan fingerprint density at radius 1 is 1.43 bits per heavy atom. The van der Waals surface area contributed by atoms with Crippen molar-refractivity contribution in [3.63, 3.8) is 0 Å². The van der Waals surface area contributed by atoms with Crippen LogP contribution in [-0.2, 0) is 4.79 Å². The van der Waals surface area contributed by atoms with Crippen LogP contribution in [0.2, 0.25) is 0 Å². The second kappa shape index (κ2) is 9.55. The number of carbonyl (C=O) groups is 2. The number of thiazole rings is 1. The molecule has 0 bridgehead atoms. The summed E-state index contributed by atoms with van der Waals surface area (Å²) < 4.78 is 0.738. The number of aromatic nitrogens is 1. The first-order valence-corrected chi connectivity index (χ1v) is 11.9. The molecular formula is C21H29NO4S2. The van der Waals surface area contributed by atoms with E-state index in [1.807, 2.05) is 6.92 Å². The minimum absolute atomic E-state index is 0.0271. The fourth-order valence-electron chi connectivity index (χ4n) is 4.13. The first-order valence-electron chi connectivity index (χ1n) is 10.1. The summed E-state index contributed by atoms with van der Waals surface area (Å²) in [6.45, 7) is 1.92. The fourth-order valence-corrected chi connectivity index (χ4v) is 6.03. The van der Waals surface area contributed by atoms with E-state index in [4.69, 9.17) is 5.11 Å². The van der Waals surface area contributed by atoms with Crippen LogP contribution in [0.5, 0.6) is 0 Å². The normalized spacial score (nSPS) is 25.1. The summed E-state index contributed by atoms with van der Waals surface area (Å²) in [5.74, 6) is 1.02. The van der Waals surface area contributed by atoms with E-state index in [2.05, 4.69) is 17.1 Å². The predicted molar refractivity (Wildman–Crippen MR) is 112 cm³/mol. The van der Waals surface area contributed by atoms with Gasteiger partial charge in [0.1, 0.15) is 5.78 Å². The van der Waals surface area contributed by atoms with Crippen LogP contribution in [0, 0.1) is 17.8 Å². The highest BCUT2D eigenvalue weighted by atomic mass is 32.2. The number of ketones is 1. The third-order valence-corrected chi connectivity index (χ3v) is 7.96. The van der Waals surface area contributed by atoms with Gasteiger partial charge >= 0.3 is 5.97 Å². The van der Waals surface area contributed by atoms with E-state index in [9.17, 15) is 14.7 Å². The van der Waals surface area contributed by atoms with Gasteiger partial charge in [0.2, 0.25) is 0 Å². The monoisotopic (exact) mass is 423 g/mol. The SMILES string of the molecule is CC(O)(C/C=C/[C@@H]1CCC(=O)[C@@H]1CCSc1nc(C(=O)O)cs1)CC1CCC1. The molecule has 1 aromatic heterocycles. The molecule has 2 fully saturated rings. The number of hydrogen-bond acceptors (Lipinski definition) is 6. The van der Waals surface area contributed by atoms with Gasteiger partial charge in [-0.05, 0) is 44.4 Å². The topological polar surface area (TPSA) is 87.5 Å². The first-order chi connectivity index (χ1) is 13.3. The fraction of sp³-hybridized carbons (Fsp3) is 0.667. The summed E-state index contributed by atoms with van der Waals surface area (Å²) in [7, 11) is 0. The van der Waals surface area contributed by atoms with Crippen LogP contribution in [0.15, 0.2) is 21.9 Å². The molecule has 1 heterocycles. The van der Waals surface area contributed by atoms with Gasteiger partial charge in [-0.3, -0.25) is 4.79 Å². The van der Waals surface area contributed by atoms with Gasteiger partial charge in [-0.15, -0.1) is 11.3 Å². The number of carboxylic acid groups (broad SMARTS) is 1. The molecule has 1 unspecified atom stereocenters. The molecule has 2 saturated carbocycles. The molecule has 3 rings (SSSR count). The predicted octanol–water partition coefficient (Wildman–Crippen LogP) is 4.81. The van der Waals surface area contributed by atoms with E-state index in [0.717, 1.165) is 29.4 Å². The number of carbonyl (C=O) groups excluding carboxylic acids is 1. The number of allylic oxidation sites excluding steroid dienone is 1. The number of rotatable bonds is 10. The van der Waals surface area contributed by atoms with Crippen molar-refractivity contribution in [1.29, 1.82) is 0 Å². The van der Waals surface area contributed by atoms with Crippen LogP contribution in [0.4, 0.5) is 0 Å². The lowest BCUT2D eigenvalue weighted by Crippen LogP contribution is -2.29. The highest BCUT2D eigenvalue weighted by Crippen LogP contribution is 2.37. The second-order valence-corrected chi connectivity index (χ2v) is 10.5. The van der Waals surface area contributed by atoms with Gasteiger partial charge in [-0.25, -0.2) is 9.78 Å². The summed E-state index contributed by atoms with van der Waals surface area (Å²) in [6, 6.07) is 0. The van der Waals surface area contributed by atoms with Gasteiger partial charge in [0.25, 0.3) is 0 Å². The van der Waals surface area contributed by atoms with Crippen molar-refractivity contribution in [3.05, 3.63) is 23.2 Å². The molecule has 7 heteroatoms. The third kappa shape index (κ3) is 5.91. The molecular weight excluding hydrogens is 394 g/mol. The number of nitrogens with zero attached hydrogens (tertiary/aromatic N) is 1. The van der Waals surface area contributed by atoms with E-state index >= 15 is 0 Å². The molecule has 28 heavy (non-hydrogen) atoms. The average Bonchev–Trinajstić information content (AvgIpc) is 3.20.